The number of benzene rings is 2. The van der Waals surface area contributed by atoms with Gasteiger partial charge in [-0.05, 0) is 68.0 Å². The van der Waals surface area contributed by atoms with E-state index in [0.717, 1.165) is 29.3 Å². The summed E-state index contributed by atoms with van der Waals surface area (Å²) in [6.07, 6.45) is 4.63. The molecule has 172 valence electrons. The Bertz CT molecular complexity index is 1040. The van der Waals surface area contributed by atoms with Gasteiger partial charge in [-0.25, -0.2) is 4.99 Å². The molecule has 2 heterocycles. The molecule has 7 heteroatoms. The fourth-order valence-electron chi connectivity index (χ4n) is 5.39. The molecule has 1 N–H and O–H groups in total. The Balaban J connectivity index is 1.21. The number of nitrogens with one attached hydrogen (secondary N) is 1. The molecule has 2 amide bonds. The summed E-state index contributed by atoms with van der Waals surface area (Å²) in [5, 5.41) is 2.74. The molecule has 2 unspecified atom stereocenters. The quantitative estimate of drug-likeness (QED) is 0.446. The lowest BCUT2D eigenvalue weighted by Gasteiger charge is -2.36. The average molecular weight is 446 g/mol. The molecule has 0 spiro atoms. The van der Waals surface area contributed by atoms with E-state index in [2.05, 4.69) is 27.3 Å². The van der Waals surface area contributed by atoms with Crippen molar-refractivity contribution < 1.29 is 9.59 Å². The van der Waals surface area contributed by atoms with Crippen LogP contribution in [0.1, 0.15) is 35.2 Å². The van der Waals surface area contributed by atoms with Crippen LogP contribution in [-0.4, -0.2) is 66.8 Å². The summed E-state index contributed by atoms with van der Waals surface area (Å²) in [5.74, 6) is 1.43. The van der Waals surface area contributed by atoms with Crippen LogP contribution in [0.3, 0.4) is 0 Å². The monoisotopic (exact) mass is 445 g/mol. The largest absolute Gasteiger partial charge is 0.368 e. The highest BCUT2D eigenvalue weighted by atomic mass is 16.2. The molecule has 2 aromatic carbocycles. The van der Waals surface area contributed by atoms with Gasteiger partial charge >= 0.3 is 0 Å². The van der Waals surface area contributed by atoms with Gasteiger partial charge in [-0.15, -0.1) is 0 Å². The van der Waals surface area contributed by atoms with Crippen molar-refractivity contribution >= 4 is 29.7 Å². The maximum absolute atomic E-state index is 13.1. The third-order valence-electron chi connectivity index (χ3n) is 7.25. The minimum atomic E-state index is 0.0601. The summed E-state index contributed by atoms with van der Waals surface area (Å²) in [6.45, 7) is 5.56. The number of piperidine rings is 1. The van der Waals surface area contributed by atoms with Crippen LogP contribution in [0.15, 0.2) is 53.5 Å². The number of carbonyl (C=O) groups excluding carboxylic acids is 2. The highest BCUT2D eigenvalue weighted by molar-refractivity contribution is 5.95. The van der Waals surface area contributed by atoms with Crippen molar-refractivity contribution in [2.75, 3.05) is 37.6 Å². The Labute approximate surface area is 195 Å². The molecule has 33 heavy (non-hydrogen) atoms. The third kappa shape index (κ3) is 4.45. The van der Waals surface area contributed by atoms with Gasteiger partial charge in [-0.2, -0.15) is 0 Å². The molecule has 2 bridgehead atoms. The van der Waals surface area contributed by atoms with Gasteiger partial charge < -0.3 is 14.7 Å². The van der Waals surface area contributed by atoms with Crippen molar-refractivity contribution in [2.24, 2.45) is 10.9 Å². The second-order valence-corrected chi connectivity index (χ2v) is 9.30. The number of aliphatic imine (C=N–C) groups is 1. The molecule has 5 rings (SSSR count). The first-order valence-corrected chi connectivity index (χ1v) is 11.9. The summed E-state index contributed by atoms with van der Waals surface area (Å²) in [4.78, 5) is 35.3. The van der Waals surface area contributed by atoms with E-state index in [-0.39, 0.29) is 5.91 Å². The Hall–Kier alpha value is -3.35. The summed E-state index contributed by atoms with van der Waals surface area (Å²) in [7, 11) is 0. The highest BCUT2D eigenvalue weighted by Gasteiger charge is 2.37. The van der Waals surface area contributed by atoms with Crippen molar-refractivity contribution in [3.05, 3.63) is 59.7 Å². The standard InChI is InChI=1S/C26H31N5O2/c1-19-4-2-3-5-24(19)28-26(27-18-32)30-14-12-29(13-15-30)25(33)21-7-10-22(11-8-21)31-17-20-6-9-23(31)16-20/h2-5,7-8,10-11,18,20,23H,6,9,12-17H2,1H3,(H,27,28,32). The molecular weight excluding hydrogens is 414 g/mol. The number of nitrogens with zero attached hydrogens (tertiary/aromatic N) is 4. The molecule has 1 saturated carbocycles. The van der Waals surface area contributed by atoms with Crippen LogP contribution in [0.25, 0.3) is 0 Å². The smallest absolute Gasteiger partial charge is 0.253 e. The molecular formula is C26H31N5O2. The molecule has 2 aromatic rings. The average Bonchev–Trinajstić information content (AvgIpc) is 3.49. The number of hydrogen-bond acceptors (Lipinski definition) is 4. The second kappa shape index (κ2) is 9.25. The van der Waals surface area contributed by atoms with Crippen molar-refractivity contribution in [3.8, 4) is 0 Å². The molecule has 7 nitrogen and oxygen atoms in total. The van der Waals surface area contributed by atoms with E-state index in [4.69, 9.17) is 0 Å². The van der Waals surface area contributed by atoms with Crippen molar-refractivity contribution in [1.29, 1.82) is 0 Å². The third-order valence-corrected chi connectivity index (χ3v) is 7.25. The number of carbonyl (C=O) groups is 2. The fourth-order valence-corrected chi connectivity index (χ4v) is 5.39. The molecule has 2 aliphatic heterocycles. The van der Waals surface area contributed by atoms with Gasteiger partial charge in [0.2, 0.25) is 12.4 Å². The van der Waals surface area contributed by atoms with Gasteiger partial charge in [-0.3, -0.25) is 14.9 Å². The highest BCUT2D eigenvalue weighted by Crippen LogP contribution is 2.40. The van der Waals surface area contributed by atoms with Crippen LogP contribution in [0.5, 0.6) is 0 Å². The van der Waals surface area contributed by atoms with Crippen LogP contribution in [-0.2, 0) is 4.79 Å². The minimum Gasteiger partial charge on any atom is -0.368 e. The van der Waals surface area contributed by atoms with E-state index in [0.29, 0.717) is 44.6 Å². The lowest BCUT2D eigenvalue weighted by molar-refractivity contribution is -0.108. The Kier molecular flexibility index (Phi) is 6.03. The van der Waals surface area contributed by atoms with E-state index in [9.17, 15) is 9.59 Å². The lowest BCUT2D eigenvalue weighted by atomic mass is 10.1. The number of fused-ring (bicyclic) bond motifs is 2. The predicted octanol–water partition coefficient (Wildman–Crippen LogP) is 3.18. The van der Waals surface area contributed by atoms with Crippen LogP contribution in [0.2, 0.25) is 0 Å². The molecule has 2 saturated heterocycles. The Morgan fingerprint density at radius 1 is 1.00 bits per heavy atom. The zero-order valence-corrected chi connectivity index (χ0v) is 19.1. The van der Waals surface area contributed by atoms with E-state index in [1.807, 2.05) is 53.1 Å². The van der Waals surface area contributed by atoms with Crippen LogP contribution in [0, 0.1) is 12.8 Å². The van der Waals surface area contributed by atoms with Gasteiger partial charge in [0.1, 0.15) is 0 Å². The first-order chi connectivity index (χ1) is 16.1. The maximum atomic E-state index is 13.1. The zero-order chi connectivity index (χ0) is 22.8. The number of para-hydroxylation sites is 1. The Morgan fingerprint density at radius 2 is 1.73 bits per heavy atom. The summed E-state index contributed by atoms with van der Waals surface area (Å²) in [6, 6.07) is 16.6. The van der Waals surface area contributed by atoms with Crippen LogP contribution in [0.4, 0.5) is 11.4 Å². The van der Waals surface area contributed by atoms with Crippen molar-refractivity contribution in [1.82, 2.24) is 15.1 Å². The van der Waals surface area contributed by atoms with E-state index < -0.39 is 0 Å². The molecule has 2 atom stereocenters. The zero-order valence-electron chi connectivity index (χ0n) is 19.1. The number of hydrogen-bond donors (Lipinski definition) is 1. The number of rotatable bonds is 4. The molecule has 3 fully saturated rings. The number of aryl methyl sites for hydroxylation is 1. The van der Waals surface area contributed by atoms with Crippen molar-refractivity contribution in [3.63, 3.8) is 0 Å². The van der Waals surface area contributed by atoms with Gasteiger partial charge in [-0.1, -0.05) is 18.2 Å². The Morgan fingerprint density at radius 3 is 2.36 bits per heavy atom. The van der Waals surface area contributed by atoms with E-state index in [1.54, 1.807) is 0 Å². The topological polar surface area (TPSA) is 68.2 Å². The molecule has 3 aliphatic rings. The molecule has 1 aliphatic carbocycles. The van der Waals surface area contributed by atoms with Gasteiger partial charge in [0.25, 0.3) is 5.91 Å². The summed E-state index contributed by atoms with van der Waals surface area (Å²) in [5.41, 5.74) is 3.84. The fraction of sp³-hybridized carbons (Fsp3) is 0.423. The summed E-state index contributed by atoms with van der Waals surface area (Å²) >= 11 is 0. The van der Waals surface area contributed by atoms with Crippen LogP contribution >= 0.6 is 0 Å². The van der Waals surface area contributed by atoms with Crippen molar-refractivity contribution in [2.45, 2.75) is 32.2 Å². The first kappa shape index (κ1) is 21.5. The SMILES string of the molecule is Cc1ccccc1/N=C(\NC=O)N1CCN(C(=O)c2ccc(N3CC4CCC3C4)cc2)CC1. The first-order valence-electron chi connectivity index (χ1n) is 11.9. The van der Waals surface area contributed by atoms with Gasteiger partial charge in [0.05, 0.1) is 5.69 Å². The molecule has 0 aromatic heterocycles. The van der Waals surface area contributed by atoms with Crippen LogP contribution < -0.4 is 10.2 Å². The second-order valence-electron chi connectivity index (χ2n) is 9.30. The molecule has 0 radical (unpaired) electrons. The van der Waals surface area contributed by atoms with E-state index >= 15 is 0 Å². The number of piperazine rings is 1. The predicted molar refractivity (Wildman–Crippen MR) is 130 cm³/mol. The summed E-state index contributed by atoms with van der Waals surface area (Å²) < 4.78 is 0. The maximum Gasteiger partial charge on any atom is 0.253 e. The number of amides is 2. The normalized spacial score (nSPS) is 22.6. The van der Waals surface area contributed by atoms with E-state index in [1.165, 1.54) is 24.9 Å². The number of anilines is 1. The van der Waals surface area contributed by atoms with Gasteiger partial charge in [0.15, 0.2) is 0 Å². The minimum absolute atomic E-state index is 0.0601. The lowest BCUT2D eigenvalue weighted by Crippen LogP contribution is -2.53. The number of guanidine groups is 1. The van der Waals surface area contributed by atoms with Gasteiger partial charge in [0, 0.05) is 50.0 Å².